The summed E-state index contributed by atoms with van der Waals surface area (Å²) in [6.45, 7) is 7.92. The highest BCUT2D eigenvalue weighted by Gasteiger charge is 2.04. The second kappa shape index (κ2) is 10.9. The van der Waals surface area contributed by atoms with Crippen molar-refractivity contribution in [2.24, 2.45) is 0 Å². The van der Waals surface area contributed by atoms with Gasteiger partial charge in [0.2, 0.25) is 0 Å². The third-order valence-electron chi connectivity index (χ3n) is 3.59. The number of ether oxygens (including phenoxy) is 1. The van der Waals surface area contributed by atoms with Gasteiger partial charge in [-0.15, -0.1) is 0 Å². The molecule has 1 rings (SSSR count). The minimum Gasteiger partial charge on any atom is -0.383 e. The maximum atomic E-state index is 5.03. The Bertz CT molecular complexity index is 349. The van der Waals surface area contributed by atoms with Gasteiger partial charge >= 0.3 is 0 Å². The summed E-state index contributed by atoms with van der Waals surface area (Å²) in [5.74, 6) is 0. The van der Waals surface area contributed by atoms with Crippen molar-refractivity contribution in [2.45, 2.75) is 65.5 Å². The first-order valence-electron chi connectivity index (χ1n) is 8.00. The molecular formula is C16H31N3O. The zero-order valence-electron chi connectivity index (χ0n) is 13.5. The molecule has 0 aromatic carbocycles. The first-order chi connectivity index (χ1) is 9.77. The summed E-state index contributed by atoms with van der Waals surface area (Å²) >= 11 is 0. The van der Waals surface area contributed by atoms with E-state index in [0.717, 1.165) is 31.9 Å². The fourth-order valence-electron chi connectivity index (χ4n) is 2.30. The highest BCUT2D eigenvalue weighted by atomic mass is 16.5. The lowest BCUT2D eigenvalue weighted by atomic mass is 10.1. The van der Waals surface area contributed by atoms with Gasteiger partial charge in [-0.25, -0.2) is 0 Å². The Kier molecular flexibility index (Phi) is 9.33. The number of hydrogen-bond donors (Lipinski definition) is 1. The van der Waals surface area contributed by atoms with E-state index in [9.17, 15) is 0 Å². The Labute approximate surface area is 123 Å². The van der Waals surface area contributed by atoms with Crippen LogP contribution in [0.2, 0.25) is 0 Å². The summed E-state index contributed by atoms with van der Waals surface area (Å²) < 4.78 is 7.12. The van der Waals surface area contributed by atoms with Crippen molar-refractivity contribution in [3.05, 3.63) is 17.5 Å². The minimum absolute atomic E-state index is 0.755. The number of unbranched alkanes of at least 4 members (excludes halogenated alkanes) is 5. The van der Waals surface area contributed by atoms with Gasteiger partial charge in [0.05, 0.1) is 12.3 Å². The van der Waals surface area contributed by atoms with Crippen LogP contribution >= 0.6 is 0 Å². The largest absolute Gasteiger partial charge is 0.383 e. The highest BCUT2D eigenvalue weighted by Crippen LogP contribution is 2.09. The fourth-order valence-corrected chi connectivity index (χ4v) is 2.30. The van der Waals surface area contributed by atoms with Crippen LogP contribution in [0, 0.1) is 6.92 Å². The second-order valence-corrected chi connectivity index (χ2v) is 5.44. The van der Waals surface area contributed by atoms with Crippen LogP contribution in [0.1, 0.15) is 56.7 Å². The molecule has 0 saturated carbocycles. The van der Waals surface area contributed by atoms with Gasteiger partial charge in [0.25, 0.3) is 0 Å². The number of methoxy groups -OCH3 is 1. The number of nitrogens with one attached hydrogen (secondary N) is 1. The molecule has 1 aromatic heterocycles. The van der Waals surface area contributed by atoms with Crippen LogP contribution in [0.5, 0.6) is 0 Å². The molecule has 0 atom stereocenters. The molecule has 1 N–H and O–H groups in total. The van der Waals surface area contributed by atoms with Gasteiger partial charge in [0, 0.05) is 38.5 Å². The van der Waals surface area contributed by atoms with E-state index in [1.807, 2.05) is 0 Å². The summed E-state index contributed by atoms with van der Waals surface area (Å²) in [7, 11) is 1.73. The summed E-state index contributed by atoms with van der Waals surface area (Å²) in [6.07, 6.45) is 10.2. The van der Waals surface area contributed by atoms with E-state index >= 15 is 0 Å². The molecule has 1 aromatic rings. The van der Waals surface area contributed by atoms with Gasteiger partial charge in [-0.1, -0.05) is 39.0 Å². The van der Waals surface area contributed by atoms with Crippen LogP contribution in [-0.4, -0.2) is 30.0 Å². The number of hydrogen-bond acceptors (Lipinski definition) is 3. The first-order valence-corrected chi connectivity index (χ1v) is 8.00. The standard InChI is InChI=1S/C16H31N3O/c1-4-5-6-7-8-9-11-19-14-16(15(2)18-19)13-17-10-12-20-3/h14,17H,4-13H2,1-3H3. The lowest BCUT2D eigenvalue weighted by Gasteiger charge is -2.02. The van der Waals surface area contributed by atoms with E-state index in [0.29, 0.717) is 0 Å². The summed E-state index contributed by atoms with van der Waals surface area (Å²) in [6, 6.07) is 0. The smallest absolute Gasteiger partial charge is 0.0638 e. The predicted molar refractivity (Wildman–Crippen MR) is 83.9 cm³/mol. The molecule has 0 aliphatic rings. The fraction of sp³-hybridized carbons (Fsp3) is 0.812. The Morgan fingerprint density at radius 2 is 1.95 bits per heavy atom. The second-order valence-electron chi connectivity index (χ2n) is 5.44. The Balaban J connectivity index is 2.19. The average molecular weight is 281 g/mol. The summed E-state index contributed by atoms with van der Waals surface area (Å²) in [4.78, 5) is 0. The maximum Gasteiger partial charge on any atom is 0.0638 e. The quantitative estimate of drug-likeness (QED) is 0.598. The Morgan fingerprint density at radius 1 is 1.20 bits per heavy atom. The van der Waals surface area contributed by atoms with Gasteiger partial charge in [0.15, 0.2) is 0 Å². The van der Waals surface area contributed by atoms with Crippen molar-refractivity contribution in [1.82, 2.24) is 15.1 Å². The van der Waals surface area contributed by atoms with E-state index in [-0.39, 0.29) is 0 Å². The lowest BCUT2D eigenvalue weighted by Crippen LogP contribution is -2.18. The molecule has 0 unspecified atom stereocenters. The van der Waals surface area contributed by atoms with Crippen molar-refractivity contribution >= 4 is 0 Å². The average Bonchev–Trinajstić information content (AvgIpc) is 2.79. The summed E-state index contributed by atoms with van der Waals surface area (Å²) in [5.41, 5.74) is 2.44. The zero-order chi connectivity index (χ0) is 14.6. The molecule has 0 fully saturated rings. The first kappa shape index (κ1) is 17.2. The van der Waals surface area contributed by atoms with Crippen LogP contribution in [-0.2, 0) is 17.8 Å². The predicted octanol–water partition coefficient (Wildman–Crippen LogP) is 3.29. The molecule has 0 radical (unpaired) electrons. The van der Waals surface area contributed by atoms with Crippen LogP contribution in [0.25, 0.3) is 0 Å². The van der Waals surface area contributed by atoms with Gasteiger partial charge in [-0.05, 0) is 13.3 Å². The molecule has 20 heavy (non-hydrogen) atoms. The van der Waals surface area contributed by atoms with E-state index in [2.05, 4.69) is 35.1 Å². The molecule has 0 aliphatic heterocycles. The number of rotatable bonds is 12. The molecule has 0 amide bonds. The molecule has 0 bridgehead atoms. The maximum absolute atomic E-state index is 5.03. The number of aromatic nitrogens is 2. The Hall–Kier alpha value is -0.870. The van der Waals surface area contributed by atoms with E-state index in [1.165, 1.54) is 44.1 Å². The molecule has 0 spiro atoms. The van der Waals surface area contributed by atoms with Gasteiger partial charge < -0.3 is 10.1 Å². The Morgan fingerprint density at radius 3 is 2.70 bits per heavy atom. The monoisotopic (exact) mass is 281 g/mol. The van der Waals surface area contributed by atoms with Crippen molar-refractivity contribution in [3.63, 3.8) is 0 Å². The van der Waals surface area contributed by atoms with Gasteiger partial charge in [-0.2, -0.15) is 5.10 Å². The molecule has 4 nitrogen and oxygen atoms in total. The van der Waals surface area contributed by atoms with Crippen LogP contribution < -0.4 is 5.32 Å². The van der Waals surface area contributed by atoms with Crippen molar-refractivity contribution in [1.29, 1.82) is 0 Å². The van der Waals surface area contributed by atoms with E-state index in [4.69, 9.17) is 4.74 Å². The normalized spacial score (nSPS) is 11.2. The van der Waals surface area contributed by atoms with Crippen molar-refractivity contribution in [3.8, 4) is 0 Å². The topological polar surface area (TPSA) is 39.1 Å². The molecule has 0 saturated heterocycles. The third-order valence-corrected chi connectivity index (χ3v) is 3.59. The molecule has 1 heterocycles. The van der Waals surface area contributed by atoms with Gasteiger partial charge in [-0.3, -0.25) is 4.68 Å². The molecule has 4 heteroatoms. The van der Waals surface area contributed by atoms with Crippen LogP contribution in [0.4, 0.5) is 0 Å². The molecule has 0 aliphatic carbocycles. The molecule has 116 valence electrons. The minimum atomic E-state index is 0.755. The van der Waals surface area contributed by atoms with Crippen LogP contribution in [0.15, 0.2) is 6.20 Å². The third kappa shape index (κ3) is 7.06. The van der Waals surface area contributed by atoms with Gasteiger partial charge in [0.1, 0.15) is 0 Å². The number of aryl methyl sites for hydroxylation is 2. The van der Waals surface area contributed by atoms with Crippen molar-refractivity contribution in [2.75, 3.05) is 20.3 Å². The van der Waals surface area contributed by atoms with Crippen LogP contribution in [0.3, 0.4) is 0 Å². The zero-order valence-corrected chi connectivity index (χ0v) is 13.5. The lowest BCUT2D eigenvalue weighted by molar-refractivity contribution is 0.199. The van der Waals surface area contributed by atoms with E-state index < -0.39 is 0 Å². The molecular weight excluding hydrogens is 250 g/mol. The van der Waals surface area contributed by atoms with Crippen molar-refractivity contribution < 1.29 is 4.74 Å². The SMILES string of the molecule is CCCCCCCCn1cc(CNCCOC)c(C)n1. The number of nitrogens with zero attached hydrogens (tertiary/aromatic N) is 2. The highest BCUT2D eigenvalue weighted by molar-refractivity contribution is 5.14. The van der Waals surface area contributed by atoms with E-state index in [1.54, 1.807) is 7.11 Å². The summed E-state index contributed by atoms with van der Waals surface area (Å²) in [5, 5.41) is 7.96.